The molecular weight excluding hydrogens is 418 g/mol. The van der Waals surface area contributed by atoms with Crippen LogP contribution in [0.5, 0.6) is 0 Å². The number of nitrogens with zero attached hydrogens (tertiary/aromatic N) is 1. The number of hydrogen-bond acceptors (Lipinski definition) is 5. The van der Waals surface area contributed by atoms with Crippen LogP contribution in [0.2, 0.25) is 0 Å². The van der Waals surface area contributed by atoms with Gasteiger partial charge in [0.2, 0.25) is 5.91 Å². The van der Waals surface area contributed by atoms with Gasteiger partial charge in [-0.3, -0.25) is 19.3 Å². The molecule has 186 valence electrons. The first-order valence-electron chi connectivity index (χ1n) is 12.3. The highest BCUT2D eigenvalue weighted by Crippen LogP contribution is 2.28. The molecule has 0 aromatic rings. The number of rotatable bonds is 14. The standard InChI is InChI=1S/C26H43N3O4/c1-19(2)13-15-27-21(20-9-7-10-20)17-28-24(32)25(3,4)18-33-26(5,6)14-8-16-29-22(30)11-12-23(29)31/h11-12,19,27H,7-10,13-18H2,1-6H3,(H,28,32). The first-order valence-corrected chi connectivity index (χ1v) is 12.3. The maximum absolute atomic E-state index is 12.9. The second-order valence-corrected chi connectivity index (χ2v) is 10.9. The van der Waals surface area contributed by atoms with Crippen LogP contribution < -0.4 is 10.6 Å². The fourth-order valence-corrected chi connectivity index (χ4v) is 3.72. The van der Waals surface area contributed by atoms with E-state index < -0.39 is 11.0 Å². The highest BCUT2D eigenvalue weighted by Gasteiger charge is 2.32. The van der Waals surface area contributed by atoms with Gasteiger partial charge in [-0.2, -0.15) is 0 Å². The van der Waals surface area contributed by atoms with Crippen LogP contribution in [0.25, 0.3) is 0 Å². The van der Waals surface area contributed by atoms with E-state index in [0.29, 0.717) is 38.5 Å². The fourth-order valence-electron chi connectivity index (χ4n) is 3.72. The average Bonchev–Trinajstić information content (AvgIpc) is 3.00. The summed E-state index contributed by atoms with van der Waals surface area (Å²) in [6.07, 6.45) is 8.50. The molecule has 0 saturated heterocycles. The van der Waals surface area contributed by atoms with E-state index in [1.165, 1.54) is 34.7 Å². The van der Waals surface area contributed by atoms with Gasteiger partial charge in [0.05, 0.1) is 24.2 Å². The zero-order chi connectivity index (χ0) is 24.6. The van der Waals surface area contributed by atoms with Crippen LogP contribution in [-0.4, -0.2) is 54.5 Å². The quantitative estimate of drug-likeness (QED) is 0.385. The average molecular weight is 462 g/mol. The molecule has 7 nitrogen and oxygen atoms in total. The van der Waals surface area contributed by atoms with E-state index >= 15 is 0 Å². The Morgan fingerprint density at radius 3 is 2.27 bits per heavy atom. The zero-order valence-corrected chi connectivity index (χ0v) is 21.4. The van der Waals surface area contributed by atoms with Crippen molar-refractivity contribution in [2.45, 2.75) is 85.7 Å². The molecule has 1 saturated carbocycles. The third-order valence-corrected chi connectivity index (χ3v) is 6.37. The minimum Gasteiger partial charge on any atom is -0.387 e. The number of nitrogens with one attached hydrogen (secondary N) is 2. The molecule has 1 heterocycles. The van der Waals surface area contributed by atoms with Gasteiger partial charge in [-0.15, -0.1) is 0 Å². The van der Waals surface area contributed by atoms with E-state index in [1.54, 1.807) is 0 Å². The molecule has 0 atom stereocenters. The lowest BCUT2D eigenvalue weighted by Crippen LogP contribution is -2.44. The van der Waals surface area contributed by atoms with Crippen molar-refractivity contribution in [2.75, 3.05) is 26.2 Å². The van der Waals surface area contributed by atoms with Crippen LogP contribution in [0.15, 0.2) is 23.4 Å². The van der Waals surface area contributed by atoms with Crippen LogP contribution in [-0.2, 0) is 19.1 Å². The molecule has 0 bridgehead atoms. The number of imide groups is 1. The molecule has 2 rings (SSSR count). The first-order chi connectivity index (χ1) is 15.4. The Morgan fingerprint density at radius 2 is 1.73 bits per heavy atom. The normalized spacial score (nSPS) is 16.5. The van der Waals surface area contributed by atoms with Crippen molar-refractivity contribution < 1.29 is 19.1 Å². The molecule has 0 aromatic heterocycles. The Bertz CT molecular complexity index is 756. The fraction of sp³-hybridized carbons (Fsp3) is 0.731. The van der Waals surface area contributed by atoms with Crippen molar-refractivity contribution in [2.24, 2.45) is 11.3 Å². The van der Waals surface area contributed by atoms with Gasteiger partial charge in [0.1, 0.15) is 0 Å². The Hall–Kier alpha value is -2.15. The van der Waals surface area contributed by atoms with Gasteiger partial charge in [0.15, 0.2) is 0 Å². The summed E-state index contributed by atoms with van der Waals surface area (Å²) in [5.74, 6) is 0.103. The summed E-state index contributed by atoms with van der Waals surface area (Å²) in [7, 11) is 0. The summed E-state index contributed by atoms with van der Waals surface area (Å²) in [5.41, 5.74) is 1.47. The van der Waals surface area contributed by atoms with Crippen LogP contribution in [0.1, 0.15) is 80.1 Å². The molecule has 1 aliphatic carbocycles. The van der Waals surface area contributed by atoms with Gasteiger partial charge < -0.3 is 15.4 Å². The highest BCUT2D eigenvalue weighted by molar-refractivity contribution is 6.12. The first kappa shape index (κ1) is 27.1. The van der Waals surface area contributed by atoms with E-state index in [2.05, 4.69) is 24.5 Å². The number of allylic oxidation sites excluding steroid dienone is 1. The summed E-state index contributed by atoms with van der Waals surface area (Å²) in [6.45, 7) is 14.3. The van der Waals surface area contributed by atoms with Gasteiger partial charge >= 0.3 is 0 Å². The number of carbonyl (C=O) groups excluding carboxylic acids is 3. The Kier molecular flexibility index (Phi) is 9.70. The molecule has 1 aliphatic heterocycles. The van der Waals surface area contributed by atoms with Gasteiger partial charge in [0.25, 0.3) is 11.8 Å². The molecule has 0 radical (unpaired) electrons. The molecule has 2 N–H and O–H groups in total. The van der Waals surface area contributed by atoms with Crippen molar-refractivity contribution in [3.8, 4) is 0 Å². The molecule has 7 heteroatoms. The molecule has 2 aliphatic rings. The van der Waals surface area contributed by atoms with E-state index in [0.717, 1.165) is 25.8 Å². The molecule has 0 unspecified atom stereocenters. The van der Waals surface area contributed by atoms with Gasteiger partial charge in [0, 0.05) is 30.9 Å². The summed E-state index contributed by atoms with van der Waals surface area (Å²) in [5, 5.41) is 6.65. The van der Waals surface area contributed by atoms with Crippen LogP contribution >= 0.6 is 0 Å². The molecule has 1 fully saturated rings. The number of hydrogen-bond donors (Lipinski definition) is 2. The largest absolute Gasteiger partial charge is 0.387 e. The Labute approximate surface area is 199 Å². The van der Waals surface area contributed by atoms with Gasteiger partial charge in [-0.05, 0) is 77.7 Å². The van der Waals surface area contributed by atoms with E-state index in [4.69, 9.17) is 4.74 Å². The van der Waals surface area contributed by atoms with Crippen molar-refractivity contribution in [1.29, 1.82) is 0 Å². The van der Waals surface area contributed by atoms with E-state index in [1.807, 2.05) is 27.7 Å². The molecular formula is C26H43N3O4. The summed E-state index contributed by atoms with van der Waals surface area (Å²) >= 11 is 0. The predicted octanol–water partition coefficient (Wildman–Crippen LogP) is 3.70. The monoisotopic (exact) mass is 461 g/mol. The SMILES string of the molecule is CC(C)CCNC(CNC(=O)C(C)(C)COC(C)(C)CCCN1C(=O)C=CC1=O)=C1CCC1. The smallest absolute Gasteiger partial charge is 0.253 e. The van der Waals surface area contributed by atoms with Gasteiger partial charge in [-0.1, -0.05) is 13.8 Å². The minimum atomic E-state index is -0.671. The Morgan fingerprint density at radius 1 is 1.09 bits per heavy atom. The summed E-state index contributed by atoms with van der Waals surface area (Å²) in [6, 6.07) is 0. The van der Waals surface area contributed by atoms with Crippen molar-refractivity contribution >= 4 is 17.7 Å². The topological polar surface area (TPSA) is 87.7 Å². The van der Waals surface area contributed by atoms with Crippen molar-refractivity contribution in [1.82, 2.24) is 15.5 Å². The molecule has 0 spiro atoms. The second kappa shape index (κ2) is 11.8. The van der Waals surface area contributed by atoms with Crippen LogP contribution in [0.3, 0.4) is 0 Å². The van der Waals surface area contributed by atoms with Gasteiger partial charge in [-0.25, -0.2) is 0 Å². The molecule has 33 heavy (non-hydrogen) atoms. The van der Waals surface area contributed by atoms with Crippen LogP contribution in [0.4, 0.5) is 0 Å². The zero-order valence-electron chi connectivity index (χ0n) is 21.4. The maximum Gasteiger partial charge on any atom is 0.253 e. The van der Waals surface area contributed by atoms with E-state index in [9.17, 15) is 14.4 Å². The van der Waals surface area contributed by atoms with Crippen molar-refractivity contribution in [3.63, 3.8) is 0 Å². The third kappa shape index (κ3) is 8.61. The number of ether oxygens (including phenoxy) is 1. The predicted molar refractivity (Wildman–Crippen MR) is 130 cm³/mol. The van der Waals surface area contributed by atoms with Crippen LogP contribution in [0, 0.1) is 11.3 Å². The Balaban J connectivity index is 1.77. The van der Waals surface area contributed by atoms with E-state index in [-0.39, 0.29) is 17.7 Å². The summed E-state index contributed by atoms with van der Waals surface area (Å²) < 4.78 is 6.12. The third-order valence-electron chi connectivity index (χ3n) is 6.37. The number of amides is 3. The highest BCUT2D eigenvalue weighted by atomic mass is 16.5. The lowest BCUT2D eigenvalue weighted by molar-refractivity contribution is -0.139. The van der Waals surface area contributed by atoms with Crippen molar-refractivity contribution in [3.05, 3.63) is 23.4 Å². The second-order valence-electron chi connectivity index (χ2n) is 10.9. The minimum absolute atomic E-state index is 0.0271. The molecule has 0 aromatic carbocycles. The maximum atomic E-state index is 12.9. The summed E-state index contributed by atoms with van der Waals surface area (Å²) in [4.78, 5) is 37.5. The number of carbonyl (C=O) groups is 3. The lowest BCUT2D eigenvalue weighted by atomic mass is 9.89. The molecule has 3 amide bonds. The lowest BCUT2D eigenvalue weighted by Gasteiger charge is -2.32.